The van der Waals surface area contributed by atoms with Gasteiger partial charge in [-0.25, -0.2) is 4.79 Å². The number of carboxylic acid groups (broad SMARTS) is 1. The largest absolute Gasteiger partial charge is 0.478 e. The maximum atomic E-state index is 11.8. The van der Waals surface area contributed by atoms with Gasteiger partial charge in [0.2, 0.25) is 5.91 Å². The van der Waals surface area contributed by atoms with Gasteiger partial charge in [-0.3, -0.25) is 9.59 Å². The van der Waals surface area contributed by atoms with E-state index in [9.17, 15) is 14.4 Å². The molecule has 0 bridgehead atoms. The average Bonchev–Trinajstić information content (AvgIpc) is 2.93. The molecule has 2 rings (SSSR count). The number of aromatic carboxylic acids is 1. The molecule has 2 N–H and O–H groups in total. The number of nitrogens with zero attached hydrogens (tertiary/aromatic N) is 1. The van der Waals surface area contributed by atoms with Crippen molar-refractivity contribution in [3.8, 4) is 0 Å². The van der Waals surface area contributed by atoms with Crippen LogP contribution < -0.4 is 5.32 Å². The van der Waals surface area contributed by atoms with Gasteiger partial charge in [0.15, 0.2) is 6.29 Å². The number of hydrogen-bond acceptors (Lipinski definition) is 3. The molecular formula is C15H14N2O4. The van der Waals surface area contributed by atoms with Gasteiger partial charge in [0.05, 0.1) is 11.3 Å². The van der Waals surface area contributed by atoms with Crippen LogP contribution in [0.4, 0.5) is 5.69 Å². The maximum Gasteiger partial charge on any atom is 0.335 e. The van der Waals surface area contributed by atoms with E-state index in [0.29, 0.717) is 17.9 Å². The Balaban J connectivity index is 1.94. The molecule has 108 valence electrons. The van der Waals surface area contributed by atoms with Crippen LogP contribution in [0, 0.1) is 0 Å². The Morgan fingerprint density at radius 3 is 2.76 bits per heavy atom. The molecule has 1 aromatic heterocycles. The lowest BCUT2D eigenvalue weighted by Gasteiger charge is -2.07. The first-order valence-corrected chi connectivity index (χ1v) is 6.33. The topological polar surface area (TPSA) is 88.4 Å². The summed E-state index contributed by atoms with van der Waals surface area (Å²) >= 11 is 0. The lowest BCUT2D eigenvalue weighted by atomic mass is 10.2. The van der Waals surface area contributed by atoms with Crippen molar-refractivity contribution in [1.82, 2.24) is 4.57 Å². The van der Waals surface area contributed by atoms with Gasteiger partial charge in [-0.1, -0.05) is 6.07 Å². The first-order valence-electron chi connectivity index (χ1n) is 6.33. The van der Waals surface area contributed by atoms with Crippen LogP contribution in [0.25, 0.3) is 0 Å². The minimum absolute atomic E-state index is 0.112. The molecule has 0 unspecified atom stereocenters. The predicted molar refractivity (Wildman–Crippen MR) is 76.5 cm³/mol. The molecule has 0 fully saturated rings. The quantitative estimate of drug-likeness (QED) is 0.795. The summed E-state index contributed by atoms with van der Waals surface area (Å²) in [6, 6.07) is 9.44. The fraction of sp³-hybridized carbons (Fsp3) is 0.133. The molecule has 21 heavy (non-hydrogen) atoms. The summed E-state index contributed by atoms with van der Waals surface area (Å²) < 4.78 is 1.68. The second-order valence-corrected chi connectivity index (χ2v) is 4.43. The number of hydrogen-bond donors (Lipinski definition) is 2. The summed E-state index contributed by atoms with van der Waals surface area (Å²) in [7, 11) is 0. The first-order chi connectivity index (χ1) is 10.1. The van der Waals surface area contributed by atoms with Gasteiger partial charge in [0.1, 0.15) is 0 Å². The number of benzene rings is 1. The van der Waals surface area contributed by atoms with Crippen molar-refractivity contribution >= 4 is 23.9 Å². The van der Waals surface area contributed by atoms with E-state index in [-0.39, 0.29) is 17.9 Å². The summed E-state index contributed by atoms with van der Waals surface area (Å²) in [6.07, 6.45) is 2.64. The zero-order chi connectivity index (χ0) is 15.2. The van der Waals surface area contributed by atoms with E-state index in [1.807, 2.05) is 0 Å². The van der Waals surface area contributed by atoms with Gasteiger partial charge >= 0.3 is 5.97 Å². The van der Waals surface area contributed by atoms with Gasteiger partial charge in [-0.05, 0) is 30.3 Å². The average molecular weight is 286 g/mol. The molecule has 1 amide bonds. The molecule has 0 spiro atoms. The monoisotopic (exact) mass is 286 g/mol. The van der Waals surface area contributed by atoms with Crippen LogP contribution in [0.3, 0.4) is 0 Å². The number of carbonyl (C=O) groups is 3. The van der Waals surface area contributed by atoms with Gasteiger partial charge < -0.3 is 15.0 Å². The highest BCUT2D eigenvalue weighted by Gasteiger charge is 2.07. The minimum Gasteiger partial charge on any atom is -0.478 e. The Bertz CT molecular complexity index is 676. The SMILES string of the molecule is O=Cc1cccn1CCC(=O)Nc1cccc(C(=O)O)c1. The molecule has 6 heteroatoms. The van der Waals surface area contributed by atoms with Gasteiger partial charge in [0, 0.05) is 24.8 Å². The standard InChI is InChI=1S/C15H14N2O4/c18-10-13-5-2-7-17(13)8-6-14(19)16-12-4-1-3-11(9-12)15(20)21/h1-5,7,9-10H,6,8H2,(H,16,19)(H,20,21). The molecular weight excluding hydrogens is 272 g/mol. The Labute approximate surface area is 121 Å². The van der Waals surface area contributed by atoms with Crippen LogP contribution in [0.15, 0.2) is 42.6 Å². The molecule has 0 radical (unpaired) electrons. The first kappa shape index (κ1) is 14.5. The highest BCUT2D eigenvalue weighted by atomic mass is 16.4. The second kappa shape index (κ2) is 6.51. The maximum absolute atomic E-state index is 11.8. The third-order valence-corrected chi connectivity index (χ3v) is 2.96. The molecule has 0 atom stereocenters. The number of aromatic nitrogens is 1. The van der Waals surface area contributed by atoms with Crippen LogP contribution >= 0.6 is 0 Å². The van der Waals surface area contributed by atoms with E-state index in [4.69, 9.17) is 5.11 Å². The third kappa shape index (κ3) is 3.79. The molecule has 0 aliphatic rings. The van der Waals surface area contributed by atoms with E-state index >= 15 is 0 Å². The summed E-state index contributed by atoms with van der Waals surface area (Å²) in [5.41, 5.74) is 1.06. The smallest absolute Gasteiger partial charge is 0.335 e. The number of amides is 1. The highest BCUT2D eigenvalue weighted by Crippen LogP contribution is 2.11. The number of nitrogens with one attached hydrogen (secondary N) is 1. The lowest BCUT2D eigenvalue weighted by Crippen LogP contribution is -2.15. The molecule has 1 heterocycles. The predicted octanol–water partition coefficient (Wildman–Crippen LogP) is 2.03. The molecule has 6 nitrogen and oxygen atoms in total. The molecule has 1 aromatic carbocycles. The fourth-order valence-corrected chi connectivity index (χ4v) is 1.91. The number of rotatable bonds is 6. The van der Waals surface area contributed by atoms with E-state index < -0.39 is 5.97 Å². The molecule has 2 aromatic rings. The van der Waals surface area contributed by atoms with Crippen LogP contribution in [0.2, 0.25) is 0 Å². The zero-order valence-electron chi connectivity index (χ0n) is 11.2. The van der Waals surface area contributed by atoms with E-state index in [2.05, 4.69) is 5.32 Å². The number of carbonyl (C=O) groups excluding carboxylic acids is 2. The van der Waals surface area contributed by atoms with E-state index in [1.54, 1.807) is 35.0 Å². The Morgan fingerprint density at radius 1 is 1.24 bits per heavy atom. The Kier molecular flexibility index (Phi) is 4.50. The summed E-state index contributed by atoms with van der Waals surface area (Å²) in [5, 5.41) is 11.5. The van der Waals surface area contributed by atoms with Crippen molar-refractivity contribution in [1.29, 1.82) is 0 Å². The van der Waals surface area contributed by atoms with Gasteiger partial charge in [-0.15, -0.1) is 0 Å². The lowest BCUT2D eigenvalue weighted by molar-refractivity contribution is -0.116. The number of anilines is 1. The normalized spacial score (nSPS) is 10.1. The minimum atomic E-state index is -1.05. The summed E-state index contributed by atoms with van der Waals surface area (Å²) in [4.78, 5) is 33.4. The molecule has 0 aliphatic carbocycles. The third-order valence-electron chi connectivity index (χ3n) is 2.96. The van der Waals surface area contributed by atoms with Crippen molar-refractivity contribution in [2.24, 2.45) is 0 Å². The molecule has 0 aliphatic heterocycles. The van der Waals surface area contributed by atoms with Crippen molar-refractivity contribution in [2.45, 2.75) is 13.0 Å². The van der Waals surface area contributed by atoms with Crippen LogP contribution in [0.1, 0.15) is 27.3 Å². The second-order valence-electron chi connectivity index (χ2n) is 4.43. The van der Waals surface area contributed by atoms with Crippen molar-refractivity contribution in [3.63, 3.8) is 0 Å². The highest BCUT2D eigenvalue weighted by molar-refractivity contribution is 5.93. The number of carboxylic acids is 1. The summed E-state index contributed by atoms with van der Waals surface area (Å²) in [5.74, 6) is -1.29. The number of aryl methyl sites for hydroxylation is 1. The summed E-state index contributed by atoms with van der Waals surface area (Å²) in [6.45, 7) is 0.380. The van der Waals surface area contributed by atoms with Crippen LogP contribution in [-0.2, 0) is 11.3 Å². The van der Waals surface area contributed by atoms with E-state index in [1.165, 1.54) is 12.1 Å². The molecule has 0 saturated carbocycles. The van der Waals surface area contributed by atoms with Crippen molar-refractivity contribution < 1.29 is 19.5 Å². The van der Waals surface area contributed by atoms with Crippen LogP contribution in [0.5, 0.6) is 0 Å². The van der Waals surface area contributed by atoms with Crippen LogP contribution in [-0.4, -0.2) is 27.8 Å². The fourth-order valence-electron chi connectivity index (χ4n) is 1.91. The Morgan fingerprint density at radius 2 is 2.05 bits per heavy atom. The van der Waals surface area contributed by atoms with Crippen molar-refractivity contribution in [3.05, 3.63) is 53.9 Å². The number of aldehydes is 1. The molecule has 0 saturated heterocycles. The van der Waals surface area contributed by atoms with E-state index in [0.717, 1.165) is 6.29 Å². The zero-order valence-corrected chi connectivity index (χ0v) is 11.2. The van der Waals surface area contributed by atoms with Crippen molar-refractivity contribution in [2.75, 3.05) is 5.32 Å². The van der Waals surface area contributed by atoms with Gasteiger partial charge in [-0.2, -0.15) is 0 Å². The Hall–Kier alpha value is -2.89. The van der Waals surface area contributed by atoms with Gasteiger partial charge in [0.25, 0.3) is 0 Å².